The van der Waals surface area contributed by atoms with Crippen LogP contribution in [0.1, 0.15) is 42.5 Å². The Bertz CT molecular complexity index is 322. The second-order valence-electron chi connectivity index (χ2n) is 3.94. The fourth-order valence-electron chi connectivity index (χ4n) is 2.18. The van der Waals surface area contributed by atoms with Crippen molar-refractivity contribution >= 4 is 11.8 Å². The molecule has 76 valence electrons. The molecule has 0 fully saturated rings. The highest BCUT2D eigenvalue weighted by Crippen LogP contribution is 2.30. The summed E-state index contributed by atoms with van der Waals surface area (Å²) in [5, 5.41) is 0. The number of hydrogen-bond donors (Lipinski definition) is 1. The first-order valence-corrected chi connectivity index (χ1v) is 5.70. The number of nitrogens with one attached hydrogen (secondary N) is 1. The second-order valence-corrected chi connectivity index (χ2v) is 4.16. The maximum absolute atomic E-state index is 5.75. The molecule has 0 heterocycles. The molecule has 14 heavy (non-hydrogen) atoms. The molecular formula is C12H16ClN. The summed E-state index contributed by atoms with van der Waals surface area (Å²) in [6.45, 7) is 2.19. The third-order valence-corrected chi connectivity index (χ3v) is 3.33. The average Bonchev–Trinajstić information content (AvgIpc) is 2.27. The number of halogens is 1. The maximum atomic E-state index is 5.75. The van der Waals surface area contributed by atoms with Crippen molar-refractivity contribution in [3.8, 4) is 0 Å². The summed E-state index contributed by atoms with van der Waals surface area (Å²) < 4.78 is 0. The van der Waals surface area contributed by atoms with Crippen molar-refractivity contribution in [2.45, 2.75) is 38.6 Å². The van der Waals surface area contributed by atoms with Gasteiger partial charge in [0.15, 0.2) is 0 Å². The van der Waals surface area contributed by atoms with Gasteiger partial charge in [0.2, 0.25) is 0 Å². The molecule has 2 heteroatoms. The van der Waals surface area contributed by atoms with E-state index in [1.165, 1.54) is 29.5 Å². The van der Waals surface area contributed by atoms with E-state index in [1.807, 2.05) is 0 Å². The first-order chi connectivity index (χ1) is 6.85. The standard InChI is InChI=1S/C12H16ClN/c1-2-9-6-7-10-4-3-5-12(14-13)11(10)8-9/h6-8,12,14H,2-5H2,1H3/t12-/m0/s1. The van der Waals surface area contributed by atoms with Crippen LogP contribution in [0.15, 0.2) is 18.2 Å². The molecule has 0 bridgehead atoms. The SMILES string of the molecule is CCc1ccc2c(c1)[C@@H](NCl)CCC2. The summed E-state index contributed by atoms with van der Waals surface area (Å²) in [5.74, 6) is 0. The third-order valence-electron chi connectivity index (χ3n) is 3.06. The third kappa shape index (κ3) is 1.79. The quantitative estimate of drug-likeness (QED) is 0.737. The maximum Gasteiger partial charge on any atom is 0.0473 e. The Morgan fingerprint density at radius 1 is 1.50 bits per heavy atom. The van der Waals surface area contributed by atoms with Crippen molar-refractivity contribution in [2.75, 3.05) is 0 Å². The minimum absolute atomic E-state index is 0.354. The molecule has 0 saturated carbocycles. The highest BCUT2D eigenvalue weighted by Gasteiger charge is 2.19. The van der Waals surface area contributed by atoms with E-state index in [0.717, 1.165) is 12.8 Å². The topological polar surface area (TPSA) is 12.0 Å². The molecule has 1 atom stereocenters. The summed E-state index contributed by atoms with van der Waals surface area (Å²) >= 11 is 5.75. The molecule has 2 rings (SSSR count). The van der Waals surface area contributed by atoms with Crippen LogP contribution in [0.5, 0.6) is 0 Å². The zero-order valence-electron chi connectivity index (χ0n) is 8.52. The lowest BCUT2D eigenvalue weighted by Crippen LogP contribution is -2.18. The lowest BCUT2D eigenvalue weighted by molar-refractivity contribution is 0.538. The first kappa shape index (κ1) is 10.0. The van der Waals surface area contributed by atoms with Gasteiger partial charge in [0.05, 0.1) is 0 Å². The Hall–Kier alpha value is -0.530. The average molecular weight is 210 g/mol. The van der Waals surface area contributed by atoms with Crippen LogP contribution >= 0.6 is 11.8 Å². The Morgan fingerprint density at radius 3 is 3.07 bits per heavy atom. The van der Waals surface area contributed by atoms with E-state index in [2.05, 4.69) is 30.0 Å². The lowest BCUT2D eigenvalue weighted by Gasteiger charge is -2.24. The lowest BCUT2D eigenvalue weighted by atomic mass is 9.87. The van der Waals surface area contributed by atoms with Crippen molar-refractivity contribution in [3.63, 3.8) is 0 Å². The van der Waals surface area contributed by atoms with Gasteiger partial charge < -0.3 is 0 Å². The van der Waals surface area contributed by atoms with Crippen LogP contribution < -0.4 is 4.84 Å². The molecule has 0 amide bonds. The van der Waals surface area contributed by atoms with Gasteiger partial charge in [-0.15, -0.1) is 0 Å². The summed E-state index contributed by atoms with van der Waals surface area (Å²) in [6.07, 6.45) is 4.70. The van der Waals surface area contributed by atoms with Gasteiger partial charge in [-0.1, -0.05) is 25.1 Å². The van der Waals surface area contributed by atoms with Crippen molar-refractivity contribution in [2.24, 2.45) is 0 Å². The molecule has 1 aliphatic carbocycles. The molecule has 0 aromatic heterocycles. The van der Waals surface area contributed by atoms with Gasteiger partial charge >= 0.3 is 0 Å². The Kier molecular flexibility index (Phi) is 3.09. The van der Waals surface area contributed by atoms with Crippen LogP contribution in [0, 0.1) is 0 Å². The summed E-state index contributed by atoms with van der Waals surface area (Å²) in [5.41, 5.74) is 4.28. The predicted molar refractivity (Wildman–Crippen MR) is 60.5 cm³/mol. The molecule has 1 nitrogen and oxygen atoms in total. The molecule has 0 aliphatic heterocycles. The van der Waals surface area contributed by atoms with Crippen molar-refractivity contribution in [1.82, 2.24) is 4.84 Å². The summed E-state index contributed by atoms with van der Waals surface area (Å²) in [4.78, 5) is 2.88. The van der Waals surface area contributed by atoms with E-state index in [1.54, 1.807) is 0 Å². The van der Waals surface area contributed by atoms with Gasteiger partial charge in [-0.05, 0) is 54.2 Å². The normalized spacial score (nSPS) is 20.6. The Labute approximate surface area is 90.6 Å². The minimum Gasteiger partial charge on any atom is -0.226 e. The highest BCUT2D eigenvalue weighted by molar-refractivity contribution is 6.13. The number of rotatable bonds is 2. The zero-order valence-corrected chi connectivity index (χ0v) is 9.27. The molecule has 1 aromatic rings. The van der Waals surface area contributed by atoms with Gasteiger partial charge in [0.1, 0.15) is 0 Å². The van der Waals surface area contributed by atoms with Crippen LogP contribution in [-0.4, -0.2) is 0 Å². The molecule has 0 saturated heterocycles. The molecule has 1 N–H and O–H groups in total. The van der Waals surface area contributed by atoms with E-state index in [-0.39, 0.29) is 0 Å². The molecule has 0 unspecified atom stereocenters. The van der Waals surface area contributed by atoms with E-state index in [0.29, 0.717) is 6.04 Å². The van der Waals surface area contributed by atoms with Crippen molar-refractivity contribution in [3.05, 3.63) is 34.9 Å². The van der Waals surface area contributed by atoms with Gasteiger partial charge in [-0.2, -0.15) is 0 Å². The minimum atomic E-state index is 0.354. The van der Waals surface area contributed by atoms with E-state index < -0.39 is 0 Å². The smallest absolute Gasteiger partial charge is 0.0473 e. The largest absolute Gasteiger partial charge is 0.226 e. The Balaban J connectivity index is 2.38. The van der Waals surface area contributed by atoms with E-state index in [4.69, 9.17) is 11.8 Å². The monoisotopic (exact) mass is 209 g/mol. The predicted octanol–water partition coefficient (Wildman–Crippen LogP) is 3.37. The molecule has 0 radical (unpaired) electrons. The highest BCUT2D eigenvalue weighted by atomic mass is 35.5. The van der Waals surface area contributed by atoms with Crippen LogP contribution in [0.25, 0.3) is 0 Å². The van der Waals surface area contributed by atoms with E-state index in [9.17, 15) is 0 Å². The van der Waals surface area contributed by atoms with Gasteiger partial charge in [-0.25, -0.2) is 4.84 Å². The van der Waals surface area contributed by atoms with Crippen molar-refractivity contribution < 1.29 is 0 Å². The second kappa shape index (κ2) is 4.33. The molecule has 1 aromatic carbocycles. The van der Waals surface area contributed by atoms with Crippen LogP contribution in [0.4, 0.5) is 0 Å². The van der Waals surface area contributed by atoms with Crippen LogP contribution in [0.3, 0.4) is 0 Å². The molecule has 0 spiro atoms. The number of fused-ring (bicyclic) bond motifs is 1. The number of aryl methyl sites for hydroxylation is 2. The fourth-order valence-corrected chi connectivity index (χ4v) is 2.41. The zero-order chi connectivity index (χ0) is 9.97. The molecule has 1 aliphatic rings. The van der Waals surface area contributed by atoms with Crippen molar-refractivity contribution in [1.29, 1.82) is 0 Å². The molecular weight excluding hydrogens is 194 g/mol. The Morgan fingerprint density at radius 2 is 2.36 bits per heavy atom. The number of benzene rings is 1. The van der Waals surface area contributed by atoms with Gasteiger partial charge in [-0.3, -0.25) is 0 Å². The summed E-state index contributed by atoms with van der Waals surface area (Å²) in [6, 6.07) is 7.14. The number of hydrogen-bond acceptors (Lipinski definition) is 1. The summed E-state index contributed by atoms with van der Waals surface area (Å²) in [7, 11) is 0. The fraction of sp³-hybridized carbons (Fsp3) is 0.500. The van der Waals surface area contributed by atoms with E-state index >= 15 is 0 Å². The van der Waals surface area contributed by atoms with Gasteiger partial charge in [0, 0.05) is 6.04 Å². The van der Waals surface area contributed by atoms with Gasteiger partial charge in [0.25, 0.3) is 0 Å². The van der Waals surface area contributed by atoms with Crippen LogP contribution in [-0.2, 0) is 12.8 Å². The van der Waals surface area contributed by atoms with Crippen LogP contribution in [0.2, 0.25) is 0 Å². The first-order valence-electron chi connectivity index (χ1n) is 5.33.